The summed E-state index contributed by atoms with van der Waals surface area (Å²) in [6, 6.07) is 8.31. The van der Waals surface area contributed by atoms with E-state index in [4.69, 9.17) is 0 Å². The van der Waals surface area contributed by atoms with Gasteiger partial charge in [-0.3, -0.25) is 9.89 Å². The zero-order chi connectivity index (χ0) is 19.0. The average molecular weight is 423 g/mol. The first-order chi connectivity index (χ1) is 12.9. The van der Waals surface area contributed by atoms with Crippen molar-refractivity contribution in [3.8, 4) is 10.6 Å². The Hall–Kier alpha value is -2.01. The highest BCUT2D eigenvalue weighted by Gasteiger charge is 2.40. The average Bonchev–Trinajstić information content (AvgIpc) is 3.41. The van der Waals surface area contributed by atoms with Gasteiger partial charge in [0.15, 0.2) is 5.82 Å². The van der Waals surface area contributed by atoms with Gasteiger partial charge < -0.3 is 5.32 Å². The predicted molar refractivity (Wildman–Crippen MR) is 107 cm³/mol. The Kier molecular flexibility index (Phi) is 4.89. The summed E-state index contributed by atoms with van der Waals surface area (Å²) in [6.07, 6.45) is 1.15. The minimum atomic E-state index is -3.65. The lowest BCUT2D eigenvalue weighted by Crippen LogP contribution is -2.42. The van der Waals surface area contributed by atoms with E-state index in [9.17, 15) is 13.2 Å². The maximum absolute atomic E-state index is 12.8. The molecule has 1 aliphatic heterocycles. The smallest absolute Gasteiger partial charge is 0.253 e. The minimum absolute atomic E-state index is 0.261. The first-order valence-corrected chi connectivity index (χ1v) is 11.6. The summed E-state index contributed by atoms with van der Waals surface area (Å²) in [5, 5.41) is 11.5. The Balaban J connectivity index is 1.50. The van der Waals surface area contributed by atoms with Crippen LogP contribution in [0.1, 0.15) is 17.7 Å². The van der Waals surface area contributed by atoms with Crippen molar-refractivity contribution < 1.29 is 13.2 Å². The van der Waals surface area contributed by atoms with Gasteiger partial charge in [0.1, 0.15) is 10.3 Å². The fraction of sp³-hybridized carbons (Fsp3) is 0.294. The molecule has 3 aromatic rings. The quantitative estimate of drug-likeness (QED) is 0.659. The summed E-state index contributed by atoms with van der Waals surface area (Å²) in [6.45, 7) is 2.37. The molecule has 1 atom stereocenters. The Labute approximate surface area is 165 Å². The molecule has 10 heteroatoms. The molecule has 1 aliphatic rings. The van der Waals surface area contributed by atoms with E-state index in [0.29, 0.717) is 25.2 Å². The number of hydrogen-bond donors (Lipinski definition) is 2. The van der Waals surface area contributed by atoms with Gasteiger partial charge in [0.25, 0.3) is 10.0 Å². The molecule has 2 N–H and O–H groups in total. The first-order valence-electron chi connectivity index (χ1n) is 8.43. The molecule has 27 heavy (non-hydrogen) atoms. The monoisotopic (exact) mass is 422 g/mol. The van der Waals surface area contributed by atoms with Crippen LogP contribution in [0.2, 0.25) is 0 Å². The van der Waals surface area contributed by atoms with E-state index in [-0.39, 0.29) is 10.1 Å². The number of aromatic amines is 1. The zero-order valence-electron chi connectivity index (χ0n) is 14.5. The fourth-order valence-corrected chi connectivity index (χ4v) is 6.73. The minimum Gasteiger partial charge on any atom is -0.308 e. The van der Waals surface area contributed by atoms with Crippen LogP contribution in [0.25, 0.3) is 10.6 Å². The lowest BCUT2D eigenvalue weighted by atomic mass is 10.2. The van der Waals surface area contributed by atoms with Crippen LogP contribution < -0.4 is 5.32 Å². The molecule has 3 aromatic heterocycles. The first kappa shape index (κ1) is 18.4. The fourth-order valence-electron chi connectivity index (χ4n) is 3.12. The zero-order valence-corrected chi connectivity index (χ0v) is 17.0. The Morgan fingerprint density at radius 1 is 1.37 bits per heavy atom. The molecule has 0 radical (unpaired) electrons. The van der Waals surface area contributed by atoms with Crippen molar-refractivity contribution in [2.24, 2.45) is 0 Å². The molecule has 1 fully saturated rings. The van der Waals surface area contributed by atoms with Gasteiger partial charge in [0.2, 0.25) is 5.91 Å². The van der Waals surface area contributed by atoms with Crippen LogP contribution in [0, 0.1) is 6.92 Å². The van der Waals surface area contributed by atoms with Crippen LogP contribution in [0.15, 0.2) is 39.9 Å². The van der Waals surface area contributed by atoms with Gasteiger partial charge in [0, 0.05) is 17.5 Å². The lowest BCUT2D eigenvalue weighted by molar-refractivity contribution is -0.119. The normalized spacial score (nSPS) is 18.0. The van der Waals surface area contributed by atoms with Crippen LogP contribution in [-0.2, 0) is 14.8 Å². The Bertz CT molecular complexity index is 1050. The number of thiophene rings is 2. The molecule has 0 spiro atoms. The van der Waals surface area contributed by atoms with Crippen LogP contribution >= 0.6 is 22.7 Å². The predicted octanol–water partition coefficient (Wildman–Crippen LogP) is 3.30. The largest absolute Gasteiger partial charge is 0.308 e. The van der Waals surface area contributed by atoms with Gasteiger partial charge in [-0.2, -0.15) is 9.40 Å². The van der Waals surface area contributed by atoms with E-state index < -0.39 is 16.1 Å². The van der Waals surface area contributed by atoms with E-state index >= 15 is 0 Å². The van der Waals surface area contributed by atoms with Gasteiger partial charge in [-0.1, -0.05) is 6.07 Å². The van der Waals surface area contributed by atoms with Crippen LogP contribution in [0.5, 0.6) is 0 Å². The number of rotatable bonds is 5. The molecule has 0 aliphatic carbocycles. The number of nitrogens with one attached hydrogen (secondary N) is 2. The van der Waals surface area contributed by atoms with Crippen molar-refractivity contribution in [1.82, 2.24) is 14.5 Å². The van der Waals surface area contributed by atoms with E-state index in [2.05, 4.69) is 15.5 Å². The molecule has 0 bridgehead atoms. The number of H-pyrrole nitrogens is 1. The van der Waals surface area contributed by atoms with Crippen molar-refractivity contribution in [2.45, 2.75) is 30.0 Å². The van der Waals surface area contributed by atoms with Crippen LogP contribution in [-0.4, -0.2) is 41.4 Å². The molecule has 4 heterocycles. The molecular formula is C17H18N4O3S3. The van der Waals surface area contributed by atoms with Crippen LogP contribution in [0.4, 0.5) is 5.82 Å². The molecule has 142 valence electrons. The summed E-state index contributed by atoms with van der Waals surface area (Å²) >= 11 is 2.79. The Morgan fingerprint density at radius 2 is 2.22 bits per heavy atom. The van der Waals surface area contributed by atoms with Crippen molar-refractivity contribution in [2.75, 3.05) is 11.9 Å². The van der Waals surface area contributed by atoms with E-state index in [1.165, 1.54) is 9.18 Å². The van der Waals surface area contributed by atoms with Gasteiger partial charge in [0.05, 0.1) is 10.6 Å². The number of carbonyl (C=O) groups is 1. The molecule has 1 unspecified atom stereocenters. The molecule has 1 saturated heterocycles. The van der Waals surface area contributed by atoms with Crippen molar-refractivity contribution in [3.05, 3.63) is 40.6 Å². The summed E-state index contributed by atoms with van der Waals surface area (Å²) < 4.78 is 27.1. The molecule has 0 aromatic carbocycles. The van der Waals surface area contributed by atoms with E-state index in [1.54, 1.807) is 34.9 Å². The molecular weight excluding hydrogens is 404 g/mol. The number of aryl methyl sites for hydroxylation is 1. The standard InChI is InChI=1S/C17H18N4O3S3/c1-11-6-7-14(26-11)12-10-15(20-19-12)18-17(22)13-4-2-8-21(13)27(23,24)16-5-3-9-25-16/h3,5-7,9-10,13H,2,4,8H2,1H3,(H2,18,19,20,22). The van der Waals surface area contributed by atoms with Gasteiger partial charge in [-0.15, -0.1) is 22.7 Å². The molecule has 1 amide bonds. The van der Waals surface area contributed by atoms with Crippen molar-refractivity contribution in [3.63, 3.8) is 0 Å². The second-order valence-electron chi connectivity index (χ2n) is 6.27. The number of anilines is 1. The lowest BCUT2D eigenvalue weighted by Gasteiger charge is -2.22. The number of sulfonamides is 1. The number of amides is 1. The topological polar surface area (TPSA) is 95.2 Å². The van der Waals surface area contributed by atoms with Crippen molar-refractivity contribution >= 4 is 44.4 Å². The SMILES string of the molecule is Cc1ccc(-c2cc(NC(=O)C3CCCN3S(=O)(=O)c3cccs3)n[nH]2)s1. The maximum atomic E-state index is 12.8. The van der Waals surface area contributed by atoms with Crippen molar-refractivity contribution in [1.29, 1.82) is 0 Å². The molecule has 4 rings (SSSR count). The van der Waals surface area contributed by atoms with Gasteiger partial charge >= 0.3 is 0 Å². The Morgan fingerprint density at radius 3 is 2.93 bits per heavy atom. The third-order valence-corrected chi connectivity index (χ3v) is 8.71. The summed E-state index contributed by atoms with van der Waals surface area (Å²) in [5.41, 5.74) is 0.817. The third kappa shape index (κ3) is 3.57. The number of hydrogen-bond acceptors (Lipinski definition) is 6. The second kappa shape index (κ2) is 7.19. The number of aromatic nitrogens is 2. The molecule has 7 nitrogen and oxygen atoms in total. The second-order valence-corrected chi connectivity index (χ2v) is 10.6. The highest BCUT2D eigenvalue weighted by molar-refractivity contribution is 7.91. The van der Waals surface area contributed by atoms with E-state index in [1.807, 2.05) is 19.1 Å². The molecule has 0 saturated carbocycles. The van der Waals surface area contributed by atoms with Gasteiger partial charge in [-0.25, -0.2) is 8.42 Å². The van der Waals surface area contributed by atoms with E-state index in [0.717, 1.165) is 21.9 Å². The summed E-state index contributed by atoms with van der Waals surface area (Å²) in [5.74, 6) is 0.0365. The third-order valence-electron chi connectivity index (χ3n) is 4.40. The maximum Gasteiger partial charge on any atom is 0.253 e. The summed E-state index contributed by atoms with van der Waals surface area (Å²) in [4.78, 5) is 14.9. The van der Waals surface area contributed by atoms with Crippen LogP contribution in [0.3, 0.4) is 0 Å². The number of nitrogens with zero attached hydrogens (tertiary/aromatic N) is 2. The van der Waals surface area contributed by atoms with Gasteiger partial charge in [-0.05, 0) is 43.3 Å². The summed E-state index contributed by atoms with van der Waals surface area (Å²) in [7, 11) is -3.65. The highest BCUT2D eigenvalue weighted by atomic mass is 32.2. The number of carbonyl (C=O) groups excluding carboxylic acids is 1. The highest BCUT2D eigenvalue weighted by Crippen LogP contribution is 2.30.